The molecule has 0 saturated carbocycles. The van der Waals surface area contributed by atoms with Crippen molar-refractivity contribution in [1.29, 1.82) is 0 Å². The molecule has 0 radical (unpaired) electrons. The predicted molar refractivity (Wildman–Crippen MR) is 52.9 cm³/mol. The predicted octanol–water partition coefficient (Wildman–Crippen LogP) is 2.11. The molecule has 0 spiro atoms. The monoisotopic (exact) mass is 192 g/mol. The highest BCUT2D eigenvalue weighted by atomic mass is 16.3. The van der Waals surface area contributed by atoms with Crippen molar-refractivity contribution in [3.8, 4) is 5.75 Å². The Morgan fingerprint density at radius 1 is 1.14 bits per heavy atom. The second-order valence-corrected chi connectivity index (χ2v) is 3.30. The molecule has 1 rings (SSSR count). The molecule has 0 heterocycles. The molecule has 0 amide bonds. The quantitative estimate of drug-likeness (QED) is 0.730. The van der Waals surface area contributed by atoms with Crippen LogP contribution in [-0.4, -0.2) is 16.7 Å². The lowest BCUT2D eigenvalue weighted by Crippen LogP contribution is -2.06. The average Bonchev–Trinajstić information content (AvgIpc) is 2.01. The highest BCUT2D eigenvalue weighted by Gasteiger charge is 2.14. The summed E-state index contributed by atoms with van der Waals surface area (Å²) in [5.74, 6) is -0.361. The Kier molecular flexibility index (Phi) is 2.70. The van der Waals surface area contributed by atoms with E-state index in [9.17, 15) is 14.7 Å². The number of ketones is 2. The maximum absolute atomic E-state index is 11.3. The standard InChI is InChI=1S/C11H12O3/c1-6-4-9(14)5-10(7(2)12)11(6)8(3)13/h4-5,14H,1-3H3. The fourth-order valence-electron chi connectivity index (χ4n) is 1.51. The first-order valence-corrected chi connectivity index (χ1v) is 4.29. The maximum Gasteiger partial charge on any atom is 0.160 e. The fraction of sp³-hybridized carbons (Fsp3) is 0.273. The topological polar surface area (TPSA) is 54.4 Å². The minimum atomic E-state index is -0.214. The lowest BCUT2D eigenvalue weighted by Gasteiger charge is -2.07. The van der Waals surface area contributed by atoms with Crippen LogP contribution in [-0.2, 0) is 0 Å². The van der Waals surface area contributed by atoms with Crippen molar-refractivity contribution in [3.63, 3.8) is 0 Å². The van der Waals surface area contributed by atoms with Crippen molar-refractivity contribution in [3.05, 3.63) is 28.8 Å². The zero-order chi connectivity index (χ0) is 10.9. The third kappa shape index (κ3) is 1.82. The fourth-order valence-corrected chi connectivity index (χ4v) is 1.51. The van der Waals surface area contributed by atoms with Gasteiger partial charge in [-0.1, -0.05) is 0 Å². The Morgan fingerprint density at radius 2 is 1.71 bits per heavy atom. The van der Waals surface area contributed by atoms with Crippen LogP contribution in [0.4, 0.5) is 0 Å². The van der Waals surface area contributed by atoms with Crippen LogP contribution in [0.2, 0.25) is 0 Å². The van der Waals surface area contributed by atoms with Crippen LogP contribution in [0.25, 0.3) is 0 Å². The van der Waals surface area contributed by atoms with Gasteiger partial charge in [-0.05, 0) is 38.5 Å². The van der Waals surface area contributed by atoms with Gasteiger partial charge in [0.1, 0.15) is 5.75 Å². The van der Waals surface area contributed by atoms with Gasteiger partial charge in [-0.15, -0.1) is 0 Å². The summed E-state index contributed by atoms with van der Waals surface area (Å²) in [4.78, 5) is 22.5. The van der Waals surface area contributed by atoms with E-state index in [0.717, 1.165) is 0 Å². The first-order chi connectivity index (χ1) is 6.43. The molecule has 0 atom stereocenters. The van der Waals surface area contributed by atoms with Crippen molar-refractivity contribution < 1.29 is 14.7 Å². The van der Waals surface area contributed by atoms with E-state index in [1.165, 1.54) is 26.0 Å². The van der Waals surface area contributed by atoms with E-state index in [1.54, 1.807) is 6.92 Å². The van der Waals surface area contributed by atoms with Crippen LogP contribution in [0, 0.1) is 6.92 Å². The number of phenols is 1. The molecule has 1 aromatic carbocycles. The Balaban J connectivity index is 3.52. The summed E-state index contributed by atoms with van der Waals surface area (Å²) < 4.78 is 0. The molecular weight excluding hydrogens is 180 g/mol. The van der Waals surface area contributed by atoms with Crippen molar-refractivity contribution in [2.45, 2.75) is 20.8 Å². The normalized spacial score (nSPS) is 9.93. The van der Waals surface area contributed by atoms with Crippen molar-refractivity contribution >= 4 is 11.6 Å². The number of phenolic OH excluding ortho intramolecular Hbond substituents is 1. The van der Waals surface area contributed by atoms with E-state index >= 15 is 0 Å². The smallest absolute Gasteiger partial charge is 0.160 e. The van der Waals surface area contributed by atoms with Crippen LogP contribution < -0.4 is 0 Å². The molecule has 0 aliphatic rings. The van der Waals surface area contributed by atoms with Gasteiger partial charge in [0.25, 0.3) is 0 Å². The highest BCUT2D eigenvalue weighted by molar-refractivity contribution is 6.08. The first-order valence-electron chi connectivity index (χ1n) is 4.29. The van der Waals surface area contributed by atoms with Gasteiger partial charge in [-0.25, -0.2) is 0 Å². The summed E-state index contributed by atoms with van der Waals surface area (Å²) in [6, 6.07) is 2.80. The number of carbonyl (C=O) groups excluding carboxylic acids is 2. The molecule has 0 aromatic heterocycles. The molecule has 0 saturated heterocycles. The zero-order valence-corrected chi connectivity index (χ0v) is 8.42. The van der Waals surface area contributed by atoms with Gasteiger partial charge in [0.15, 0.2) is 11.6 Å². The molecule has 74 valence electrons. The Bertz CT molecular complexity index is 405. The lowest BCUT2D eigenvalue weighted by molar-refractivity contribution is 0.0980. The van der Waals surface area contributed by atoms with Gasteiger partial charge in [0.05, 0.1) is 0 Å². The average molecular weight is 192 g/mol. The summed E-state index contributed by atoms with van der Waals surface area (Å²) in [6.07, 6.45) is 0. The van der Waals surface area contributed by atoms with Gasteiger partial charge in [0.2, 0.25) is 0 Å². The molecule has 0 unspecified atom stereocenters. The molecule has 3 nitrogen and oxygen atoms in total. The second-order valence-electron chi connectivity index (χ2n) is 3.30. The van der Waals surface area contributed by atoms with Crippen LogP contribution >= 0.6 is 0 Å². The van der Waals surface area contributed by atoms with Gasteiger partial charge in [0, 0.05) is 11.1 Å². The lowest BCUT2D eigenvalue weighted by atomic mass is 9.96. The molecule has 1 aromatic rings. The van der Waals surface area contributed by atoms with E-state index in [2.05, 4.69) is 0 Å². The SMILES string of the molecule is CC(=O)c1cc(O)cc(C)c1C(C)=O. The van der Waals surface area contributed by atoms with Crippen LogP contribution in [0.1, 0.15) is 40.1 Å². The number of rotatable bonds is 2. The Labute approximate surface area is 82.4 Å². The number of aromatic hydroxyl groups is 1. The van der Waals surface area contributed by atoms with E-state index in [0.29, 0.717) is 11.1 Å². The highest BCUT2D eigenvalue weighted by Crippen LogP contribution is 2.22. The third-order valence-corrected chi connectivity index (χ3v) is 2.05. The molecular formula is C11H12O3. The summed E-state index contributed by atoms with van der Waals surface area (Å²) in [7, 11) is 0. The van der Waals surface area contributed by atoms with E-state index < -0.39 is 0 Å². The first kappa shape index (κ1) is 10.4. The third-order valence-electron chi connectivity index (χ3n) is 2.05. The molecule has 0 aliphatic heterocycles. The summed E-state index contributed by atoms with van der Waals surface area (Å²) in [5, 5.41) is 9.29. The number of hydrogen-bond acceptors (Lipinski definition) is 3. The van der Waals surface area contributed by atoms with Crippen LogP contribution in [0.5, 0.6) is 5.75 Å². The van der Waals surface area contributed by atoms with Gasteiger partial charge >= 0.3 is 0 Å². The second kappa shape index (κ2) is 3.62. The molecule has 0 aliphatic carbocycles. The minimum absolute atomic E-state index is 0.0118. The molecule has 3 heteroatoms. The van der Waals surface area contributed by atoms with E-state index in [-0.39, 0.29) is 22.9 Å². The number of Topliss-reactive ketones (excluding diaryl/α,β-unsaturated/α-hetero) is 2. The zero-order valence-electron chi connectivity index (χ0n) is 8.42. The van der Waals surface area contributed by atoms with Gasteiger partial charge < -0.3 is 5.11 Å². The number of hydrogen-bond donors (Lipinski definition) is 1. The van der Waals surface area contributed by atoms with E-state index in [1.807, 2.05) is 0 Å². The maximum atomic E-state index is 11.3. The largest absolute Gasteiger partial charge is 0.508 e. The number of aryl methyl sites for hydroxylation is 1. The van der Waals surface area contributed by atoms with Gasteiger partial charge in [-0.3, -0.25) is 9.59 Å². The van der Waals surface area contributed by atoms with Crippen molar-refractivity contribution in [2.24, 2.45) is 0 Å². The van der Waals surface area contributed by atoms with E-state index in [4.69, 9.17) is 0 Å². The van der Waals surface area contributed by atoms with Crippen LogP contribution in [0.3, 0.4) is 0 Å². The molecule has 14 heavy (non-hydrogen) atoms. The van der Waals surface area contributed by atoms with Crippen molar-refractivity contribution in [2.75, 3.05) is 0 Å². The van der Waals surface area contributed by atoms with Crippen LogP contribution in [0.15, 0.2) is 12.1 Å². The summed E-state index contributed by atoms with van der Waals surface area (Å²) >= 11 is 0. The minimum Gasteiger partial charge on any atom is -0.508 e. The number of benzene rings is 1. The van der Waals surface area contributed by atoms with Crippen molar-refractivity contribution in [1.82, 2.24) is 0 Å². The number of carbonyl (C=O) groups is 2. The summed E-state index contributed by atoms with van der Waals surface area (Å²) in [6.45, 7) is 4.48. The van der Waals surface area contributed by atoms with Gasteiger partial charge in [-0.2, -0.15) is 0 Å². The molecule has 0 fully saturated rings. The Hall–Kier alpha value is -1.64. The summed E-state index contributed by atoms with van der Waals surface area (Å²) in [5.41, 5.74) is 1.31. The Morgan fingerprint density at radius 3 is 2.14 bits per heavy atom. The molecule has 1 N–H and O–H groups in total. The molecule has 0 bridgehead atoms.